The average Bonchev–Trinajstić information content (AvgIpc) is 2.27. The molecule has 0 fully saturated rings. The molecule has 1 heterocycles. The molecule has 1 aromatic rings. The van der Waals surface area contributed by atoms with Crippen molar-refractivity contribution in [3.63, 3.8) is 0 Å². The number of rotatable bonds is 6. The second-order valence-electron chi connectivity index (χ2n) is 4.64. The van der Waals surface area contributed by atoms with Gasteiger partial charge >= 0.3 is 0 Å². The lowest BCUT2D eigenvalue weighted by Gasteiger charge is -2.19. The summed E-state index contributed by atoms with van der Waals surface area (Å²) in [6.07, 6.45) is 3.06. The summed E-state index contributed by atoms with van der Waals surface area (Å²) in [5.41, 5.74) is 7.83. The van der Waals surface area contributed by atoms with E-state index in [1.807, 2.05) is 26.0 Å². The van der Waals surface area contributed by atoms with Crippen LogP contribution in [0.1, 0.15) is 45.0 Å². The van der Waals surface area contributed by atoms with Crippen LogP contribution in [0.3, 0.4) is 0 Å². The lowest BCUT2D eigenvalue weighted by molar-refractivity contribution is 0.189. The first-order valence-corrected chi connectivity index (χ1v) is 6.45. The Kier molecular flexibility index (Phi) is 5.42. The van der Waals surface area contributed by atoms with Crippen molar-refractivity contribution in [2.24, 2.45) is 5.73 Å². The Hall–Kier alpha value is -1.09. The number of pyridine rings is 1. The Morgan fingerprint density at radius 3 is 2.47 bits per heavy atom. The van der Waals surface area contributed by atoms with Crippen LogP contribution in [-0.2, 0) is 6.42 Å². The van der Waals surface area contributed by atoms with Gasteiger partial charge < -0.3 is 10.5 Å². The molecule has 0 aliphatic rings. The zero-order valence-corrected chi connectivity index (χ0v) is 11.4. The average molecular weight is 236 g/mol. The van der Waals surface area contributed by atoms with E-state index >= 15 is 0 Å². The molecule has 1 unspecified atom stereocenters. The second-order valence-corrected chi connectivity index (χ2v) is 4.64. The molecule has 96 valence electrons. The lowest BCUT2D eigenvalue weighted by atomic mass is 10.1. The maximum atomic E-state index is 5.98. The third kappa shape index (κ3) is 4.35. The van der Waals surface area contributed by atoms with E-state index in [2.05, 4.69) is 18.8 Å². The molecule has 0 bridgehead atoms. The number of nitrogens with zero attached hydrogens (tertiary/aromatic N) is 1. The number of hydrogen-bond acceptors (Lipinski definition) is 3. The molecule has 0 saturated heterocycles. The Morgan fingerprint density at radius 2 is 1.94 bits per heavy atom. The first kappa shape index (κ1) is 14.0. The van der Waals surface area contributed by atoms with E-state index < -0.39 is 0 Å². The molecule has 1 aromatic heterocycles. The molecule has 0 aromatic carbocycles. The Morgan fingerprint density at radius 1 is 1.29 bits per heavy atom. The van der Waals surface area contributed by atoms with Gasteiger partial charge in [0.05, 0.1) is 11.8 Å². The zero-order valence-electron chi connectivity index (χ0n) is 11.4. The van der Waals surface area contributed by atoms with Gasteiger partial charge in [-0.15, -0.1) is 0 Å². The topological polar surface area (TPSA) is 48.1 Å². The highest BCUT2D eigenvalue weighted by atomic mass is 16.5. The molecule has 0 amide bonds. The van der Waals surface area contributed by atoms with Crippen molar-refractivity contribution in [1.82, 2.24) is 4.98 Å². The van der Waals surface area contributed by atoms with E-state index in [-0.39, 0.29) is 12.1 Å². The molecule has 1 atom stereocenters. The Labute approximate surface area is 104 Å². The van der Waals surface area contributed by atoms with Gasteiger partial charge in [-0.2, -0.15) is 0 Å². The predicted molar refractivity (Wildman–Crippen MR) is 71.3 cm³/mol. The minimum Gasteiger partial charge on any atom is -0.489 e. The SMILES string of the molecule is CCC(CC)Oc1ccc(C)nc1CC(C)N. The molecule has 0 aliphatic carbocycles. The first-order valence-electron chi connectivity index (χ1n) is 6.45. The van der Waals surface area contributed by atoms with Crippen LogP contribution in [-0.4, -0.2) is 17.1 Å². The van der Waals surface area contributed by atoms with Crippen molar-refractivity contribution >= 4 is 0 Å². The summed E-state index contributed by atoms with van der Waals surface area (Å²) >= 11 is 0. The molecule has 17 heavy (non-hydrogen) atoms. The number of ether oxygens (including phenoxy) is 1. The highest BCUT2D eigenvalue weighted by Gasteiger charge is 2.12. The fourth-order valence-electron chi connectivity index (χ4n) is 1.79. The van der Waals surface area contributed by atoms with Gasteiger partial charge in [-0.1, -0.05) is 13.8 Å². The molecule has 0 radical (unpaired) electrons. The fraction of sp³-hybridized carbons (Fsp3) is 0.643. The van der Waals surface area contributed by atoms with Gasteiger partial charge in [-0.3, -0.25) is 4.98 Å². The highest BCUT2D eigenvalue weighted by molar-refractivity contribution is 5.30. The van der Waals surface area contributed by atoms with Crippen LogP contribution in [0.4, 0.5) is 0 Å². The number of aromatic nitrogens is 1. The summed E-state index contributed by atoms with van der Waals surface area (Å²) in [6, 6.07) is 4.11. The van der Waals surface area contributed by atoms with Crippen LogP contribution >= 0.6 is 0 Å². The molecule has 3 heteroatoms. The Balaban J connectivity index is 2.89. The Bertz CT molecular complexity index is 346. The third-order valence-electron chi connectivity index (χ3n) is 2.79. The molecule has 0 saturated carbocycles. The predicted octanol–water partition coefficient (Wildman–Crippen LogP) is 2.85. The van der Waals surface area contributed by atoms with Crippen LogP contribution in [0.15, 0.2) is 12.1 Å². The van der Waals surface area contributed by atoms with E-state index in [4.69, 9.17) is 10.5 Å². The largest absolute Gasteiger partial charge is 0.489 e. The summed E-state index contributed by atoms with van der Waals surface area (Å²) in [5.74, 6) is 0.890. The van der Waals surface area contributed by atoms with E-state index in [1.165, 1.54) is 0 Å². The van der Waals surface area contributed by atoms with Gasteiger partial charge in [-0.25, -0.2) is 0 Å². The van der Waals surface area contributed by atoms with Crippen molar-refractivity contribution in [3.8, 4) is 5.75 Å². The summed E-state index contributed by atoms with van der Waals surface area (Å²) in [6.45, 7) is 8.26. The molecular formula is C14H24N2O. The van der Waals surface area contributed by atoms with Crippen molar-refractivity contribution < 1.29 is 4.74 Å². The van der Waals surface area contributed by atoms with Crippen LogP contribution in [0.5, 0.6) is 5.75 Å². The number of nitrogens with two attached hydrogens (primary N) is 1. The quantitative estimate of drug-likeness (QED) is 0.826. The maximum absolute atomic E-state index is 5.98. The molecular weight excluding hydrogens is 212 g/mol. The van der Waals surface area contributed by atoms with Gasteiger partial charge in [0.1, 0.15) is 5.75 Å². The van der Waals surface area contributed by atoms with Gasteiger partial charge in [0.15, 0.2) is 0 Å². The highest BCUT2D eigenvalue weighted by Crippen LogP contribution is 2.21. The standard InChI is InChI=1S/C14H24N2O/c1-5-12(6-2)17-14-8-7-11(4)16-13(14)9-10(3)15/h7-8,10,12H,5-6,9,15H2,1-4H3. The maximum Gasteiger partial charge on any atom is 0.141 e. The zero-order chi connectivity index (χ0) is 12.8. The summed E-state index contributed by atoms with van der Waals surface area (Å²) < 4.78 is 5.98. The van der Waals surface area contributed by atoms with Gasteiger partial charge in [0, 0.05) is 18.2 Å². The van der Waals surface area contributed by atoms with Crippen molar-refractivity contribution in [3.05, 3.63) is 23.5 Å². The van der Waals surface area contributed by atoms with Gasteiger partial charge in [0.2, 0.25) is 0 Å². The minimum atomic E-state index is 0.105. The van der Waals surface area contributed by atoms with Gasteiger partial charge in [-0.05, 0) is 38.8 Å². The third-order valence-corrected chi connectivity index (χ3v) is 2.79. The number of aryl methyl sites for hydroxylation is 1. The molecule has 0 aliphatic heterocycles. The summed E-state index contributed by atoms with van der Waals surface area (Å²) in [5, 5.41) is 0. The van der Waals surface area contributed by atoms with Gasteiger partial charge in [0.25, 0.3) is 0 Å². The second kappa shape index (κ2) is 6.60. The minimum absolute atomic E-state index is 0.105. The van der Waals surface area contributed by atoms with E-state index in [0.29, 0.717) is 0 Å². The number of hydrogen-bond donors (Lipinski definition) is 1. The monoisotopic (exact) mass is 236 g/mol. The van der Waals surface area contributed by atoms with Crippen LogP contribution in [0, 0.1) is 6.92 Å². The first-order chi connectivity index (χ1) is 8.06. The molecule has 1 rings (SSSR count). The molecule has 2 N–H and O–H groups in total. The van der Waals surface area contributed by atoms with Crippen molar-refractivity contribution in [2.75, 3.05) is 0 Å². The molecule has 0 spiro atoms. The van der Waals surface area contributed by atoms with Crippen LogP contribution < -0.4 is 10.5 Å². The lowest BCUT2D eigenvalue weighted by Crippen LogP contribution is -2.21. The molecule has 3 nitrogen and oxygen atoms in total. The summed E-state index contributed by atoms with van der Waals surface area (Å²) in [4.78, 5) is 4.53. The normalized spacial score (nSPS) is 12.8. The van der Waals surface area contributed by atoms with E-state index in [0.717, 1.165) is 36.4 Å². The van der Waals surface area contributed by atoms with Crippen LogP contribution in [0.2, 0.25) is 0 Å². The van der Waals surface area contributed by atoms with Crippen LogP contribution in [0.25, 0.3) is 0 Å². The fourth-order valence-corrected chi connectivity index (χ4v) is 1.79. The summed E-state index contributed by atoms with van der Waals surface area (Å²) in [7, 11) is 0. The van der Waals surface area contributed by atoms with Crippen molar-refractivity contribution in [1.29, 1.82) is 0 Å². The van der Waals surface area contributed by atoms with E-state index in [9.17, 15) is 0 Å². The van der Waals surface area contributed by atoms with E-state index in [1.54, 1.807) is 0 Å². The van der Waals surface area contributed by atoms with Crippen molar-refractivity contribution in [2.45, 2.75) is 59.1 Å². The smallest absolute Gasteiger partial charge is 0.141 e.